The van der Waals surface area contributed by atoms with Gasteiger partial charge in [-0.05, 0) is 54.8 Å². The van der Waals surface area contributed by atoms with E-state index in [9.17, 15) is 9.90 Å². The lowest BCUT2D eigenvalue weighted by Crippen LogP contribution is -2.50. The average molecular weight is 405 g/mol. The normalized spacial score (nSPS) is 28.5. The van der Waals surface area contributed by atoms with Crippen LogP contribution in [0.2, 0.25) is 0 Å². The van der Waals surface area contributed by atoms with E-state index in [-0.39, 0.29) is 18.8 Å². The minimum absolute atomic E-state index is 0.141. The lowest BCUT2D eigenvalue weighted by Gasteiger charge is -2.45. The highest BCUT2D eigenvalue weighted by molar-refractivity contribution is 5.89. The fourth-order valence-corrected chi connectivity index (χ4v) is 5.32. The maximum Gasteiger partial charge on any atom is 0.338 e. The molecule has 4 atom stereocenters. The summed E-state index contributed by atoms with van der Waals surface area (Å²) in [6.45, 7) is 3.96. The van der Waals surface area contributed by atoms with Gasteiger partial charge >= 0.3 is 5.97 Å². The molecule has 6 heteroatoms. The maximum atomic E-state index is 12.7. The highest BCUT2D eigenvalue weighted by atomic mass is 16.7. The van der Waals surface area contributed by atoms with Gasteiger partial charge in [0, 0.05) is 25.0 Å². The predicted molar refractivity (Wildman–Crippen MR) is 109 cm³/mol. The minimum Gasteiger partial charge on any atom is -0.454 e. The summed E-state index contributed by atoms with van der Waals surface area (Å²) in [6.07, 6.45) is 1.39. The van der Waals surface area contributed by atoms with Gasteiger partial charge in [-0.3, -0.25) is 4.90 Å². The fraction of sp³-hybridized carbons (Fsp3) is 0.375. The van der Waals surface area contributed by atoms with Crippen LogP contribution in [-0.2, 0) is 11.3 Å². The Bertz CT molecular complexity index is 1060. The third kappa shape index (κ3) is 2.67. The van der Waals surface area contributed by atoms with Crippen molar-refractivity contribution < 1.29 is 24.1 Å². The Morgan fingerprint density at radius 1 is 1.17 bits per heavy atom. The van der Waals surface area contributed by atoms with E-state index < -0.39 is 18.2 Å². The number of aryl methyl sites for hydroxylation is 1. The van der Waals surface area contributed by atoms with Crippen LogP contribution in [-0.4, -0.2) is 47.6 Å². The first-order valence-electron chi connectivity index (χ1n) is 10.4. The number of benzene rings is 2. The third-order valence-corrected chi connectivity index (χ3v) is 6.78. The van der Waals surface area contributed by atoms with E-state index in [4.69, 9.17) is 14.2 Å². The number of esters is 1. The first kappa shape index (κ1) is 18.0. The zero-order valence-electron chi connectivity index (χ0n) is 16.7. The molecule has 4 aliphatic rings. The topological polar surface area (TPSA) is 68.2 Å². The molecule has 2 aromatic rings. The molecule has 1 N–H and O–H groups in total. The van der Waals surface area contributed by atoms with Crippen molar-refractivity contribution in [3.05, 3.63) is 70.3 Å². The molecule has 30 heavy (non-hydrogen) atoms. The Morgan fingerprint density at radius 3 is 2.73 bits per heavy atom. The van der Waals surface area contributed by atoms with Crippen molar-refractivity contribution in [1.29, 1.82) is 0 Å². The molecule has 1 aliphatic carbocycles. The van der Waals surface area contributed by atoms with E-state index in [1.54, 1.807) is 12.1 Å². The molecule has 2 aromatic carbocycles. The second-order valence-corrected chi connectivity index (χ2v) is 8.56. The van der Waals surface area contributed by atoms with Crippen LogP contribution in [0.1, 0.15) is 39.4 Å². The largest absolute Gasteiger partial charge is 0.454 e. The summed E-state index contributed by atoms with van der Waals surface area (Å²) < 4.78 is 16.9. The number of hydrogen-bond donors (Lipinski definition) is 1. The van der Waals surface area contributed by atoms with Gasteiger partial charge in [-0.25, -0.2) is 4.79 Å². The van der Waals surface area contributed by atoms with Gasteiger partial charge in [-0.2, -0.15) is 0 Å². The SMILES string of the molecule is Cc1ccc(C(=O)O[C@H]2C=C3CCN4Cc5cc6c(cc5[C@H]([C@@H]2O)[C@@H]34)OCO6)cc1. The molecule has 154 valence electrons. The molecule has 0 amide bonds. The Labute approximate surface area is 174 Å². The summed E-state index contributed by atoms with van der Waals surface area (Å²) in [5, 5.41) is 11.3. The molecule has 6 nitrogen and oxygen atoms in total. The monoisotopic (exact) mass is 405 g/mol. The number of hydrogen-bond acceptors (Lipinski definition) is 6. The van der Waals surface area contributed by atoms with E-state index in [0.717, 1.165) is 47.7 Å². The van der Waals surface area contributed by atoms with E-state index >= 15 is 0 Å². The highest BCUT2D eigenvalue weighted by Crippen LogP contribution is 2.50. The maximum absolute atomic E-state index is 12.7. The zero-order chi connectivity index (χ0) is 20.4. The van der Waals surface area contributed by atoms with Crippen LogP contribution in [0.5, 0.6) is 11.5 Å². The molecule has 3 heterocycles. The summed E-state index contributed by atoms with van der Waals surface area (Å²) in [5.41, 5.74) is 5.03. The van der Waals surface area contributed by atoms with Crippen LogP contribution in [0.4, 0.5) is 0 Å². The summed E-state index contributed by atoms with van der Waals surface area (Å²) in [7, 11) is 0. The number of ether oxygens (including phenoxy) is 3. The minimum atomic E-state index is -0.826. The summed E-state index contributed by atoms with van der Waals surface area (Å²) in [6, 6.07) is 11.5. The molecule has 1 saturated heterocycles. The lowest BCUT2D eigenvalue weighted by atomic mass is 9.73. The van der Waals surface area contributed by atoms with E-state index in [1.807, 2.05) is 37.3 Å². The Balaban J connectivity index is 1.35. The number of carbonyl (C=O) groups excluding carboxylic acids is 1. The first-order valence-corrected chi connectivity index (χ1v) is 10.4. The number of rotatable bonds is 2. The molecular weight excluding hydrogens is 382 g/mol. The Kier molecular flexibility index (Phi) is 3.95. The second-order valence-electron chi connectivity index (χ2n) is 8.56. The summed E-state index contributed by atoms with van der Waals surface area (Å²) >= 11 is 0. The fourth-order valence-electron chi connectivity index (χ4n) is 5.32. The van der Waals surface area contributed by atoms with Gasteiger partial charge in [-0.1, -0.05) is 23.3 Å². The molecule has 1 fully saturated rings. The van der Waals surface area contributed by atoms with Crippen molar-refractivity contribution in [2.24, 2.45) is 0 Å². The number of aliphatic hydroxyl groups is 1. The van der Waals surface area contributed by atoms with Crippen molar-refractivity contribution in [1.82, 2.24) is 4.90 Å². The number of aliphatic hydroxyl groups excluding tert-OH is 1. The number of carbonyl (C=O) groups is 1. The van der Waals surface area contributed by atoms with Crippen molar-refractivity contribution in [3.63, 3.8) is 0 Å². The number of nitrogens with zero attached hydrogens (tertiary/aromatic N) is 1. The van der Waals surface area contributed by atoms with Gasteiger partial charge in [0.1, 0.15) is 12.2 Å². The van der Waals surface area contributed by atoms with E-state index in [1.165, 1.54) is 5.57 Å². The van der Waals surface area contributed by atoms with Gasteiger partial charge < -0.3 is 19.3 Å². The zero-order valence-corrected chi connectivity index (χ0v) is 16.7. The molecule has 3 aliphatic heterocycles. The van der Waals surface area contributed by atoms with Gasteiger partial charge in [0.2, 0.25) is 6.79 Å². The van der Waals surface area contributed by atoms with Crippen molar-refractivity contribution in [2.75, 3.05) is 13.3 Å². The molecular formula is C24H23NO5. The van der Waals surface area contributed by atoms with Crippen LogP contribution in [0.15, 0.2) is 48.0 Å². The Hall–Kier alpha value is -2.83. The Morgan fingerprint density at radius 2 is 1.93 bits per heavy atom. The van der Waals surface area contributed by atoms with Crippen LogP contribution < -0.4 is 9.47 Å². The van der Waals surface area contributed by atoms with Gasteiger partial charge in [0.15, 0.2) is 11.5 Å². The molecule has 0 unspecified atom stereocenters. The van der Waals surface area contributed by atoms with E-state index in [0.29, 0.717) is 5.56 Å². The molecule has 0 bridgehead atoms. The quantitative estimate of drug-likeness (QED) is 0.612. The lowest BCUT2D eigenvalue weighted by molar-refractivity contribution is -0.0259. The summed E-state index contributed by atoms with van der Waals surface area (Å²) in [4.78, 5) is 15.1. The third-order valence-electron chi connectivity index (χ3n) is 6.78. The van der Waals surface area contributed by atoms with Gasteiger partial charge in [0.05, 0.1) is 5.56 Å². The molecule has 0 saturated carbocycles. The van der Waals surface area contributed by atoms with Crippen molar-refractivity contribution in [3.8, 4) is 11.5 Å². The number of fused-ring (bicyclic) bond motifs is 3. The molecule has 0 spiro atoms. The van der Waals surface area contributed by atoms with Gasteiger partial charge in [0.25, 0.3) is 0 Å². The van der Waals surface area contributed by atoms with E-state index in [2.05, 4.69) is 4.90 Å². The van der Waals surface area contributed by atoms with Crippen LogP contribution >= 0.6 is 0 Å². The van der Waals surface area contributed by atoms with Crippen LogP contribution in [0, 0.1) is 6.92 Å². The predicted octanol–water partition coefficient (Wildman–Crippen LogP) is 2.92. The highest BCUT2D eigenvalue weighted by Gasteiger charge is 2.50. The van der Waals surface area contributed by atoms with Crippen molar-refractivity contribution in [2.45, 2.75) is 44.1 Å². The first-order chi connectivity index (χ1) is 14.6. The van der Waals surface area contributed by atoms with Gasteiger partial charge in [-0.15, -0.1) is 0 Å². The standard InChI is InChI=1S/C24H23NO5/c1-13-2-4-14(5-3-13)24(27)30-20-8-15-6-7-25-11-16-9-18-19(29-12-28-18)10-17(16)21(22(15)25)23(20)26/h2-5,8-10,20-23,26H,6-7,11-12H2,1H3/t20-,21-,22+,23+/m0/s1. The molecule has 0 aromatic heterocycles. The molecule has 6 rings (SSSR count). The summed E-state index contributed by atoms with van der Waals surface area (Å²) in [5.74, 6) is 0.902. The van der Waals surface area contributed by atoms with Crippen LogP contribution in [0.25, 0.3) is 0 Å². The second kappa shape index (κ2) is 6.59. The smallest absolute Gasteiger partial charge is 0.338 e. The van der Waals surface area contributed by atoms with Crippen LogP contribution in [0.3, 0.4) is 0 Å². The van der Waals surface area contributed by atoms with Crippen molar-refractivity contribution >= 4 is 5.97 Å². The molecule has 0 radical (unpaired) electrons. The average Bonchev–Trinajstić information content (AvgIpc) is 3.36.